The number of methoxy groups -OCH3 is 1. The number of rotatable bonds is 6. The number of carbonyl (C=O) groups excluding carboxylic acids is 1. The lowest BCUT2D eigenvalue weighted by Gasteiger charge is -2.09. The Labute approximate surface area is 150 Å². The molecule has 1 heterocycles. The summed E-state index contributed by atoms with van der Waals surface area (Å²) in [5.41, 5.74) is 1.90. The van der Waals surface area contributed by atoms with Crippen LogP contribution in [0.25, 0.3) is 23.2 Å². The lowest BCUT2D eigenvalue weighted by atomic mass is 10.2. The second-order valence-electron chi connectivity index (χ2n) is 5.35. The molecule has 0 bridgehead atoms. The van der Waals surface area contributed by atoms with Crippen molar-refractivity contribution < 1.29 is 19.4 Å². The van der Waals surface area contributed by atoms with Crippen LogP contribution < -0.4 is 14.6 Å². The molecule has 0 saturated heterocycles. The summed E-state index contributed by atoms with van der Waals surface area (Å²) in [6.45, 7) is 0.158. The molecule has 3 rings (SSSR count). The number of carboxylic acid groups (broad SMARTS) is 1. The number of nitrogens with zero attached hydrogens (tertiary/aromatic N) is 1. The number of carboxylic acids is 1. The Balaban J connectivity index is 1.88. The van der Waals surface area contributed by atoms with Gasteiger partial charge in [0.1, 0.15) is 12.4 Å². The van der Waals surface area contributed by atoms with Gasteiger partial charge in [-0.25, -0.2) is 4.98 Å². The second kappa shape index (κ2) is 7.45. The predicted molar refractivity (Wildman–Crippen MR) is 96.7 cm³/mol. The van der Waals surface area contributed by atoms with E-state index >= 15 is 0 Å². The Morgan fingerprint density at radius 2 is 2.15 bits per heavy atom. The van der Waals surface area contributed by atoms with Gasteiger partial charge in [0, 0.05) is 5.56 Å². The zero-order valence-corrected chi connectivity index (χ0v) is 14.0. The van der Waals surface area contributed by atoms with Gasteiger partial charge < -0.3 is 24.4 Å². The first-order chi connectivity index (χ1) is 12.6. The van der Waals surface area contributed by atoms with Crippen molar-refractivity contribution in [1.29, 1.82) is 0 Å². The van der Waals surface area contributed by atoms with Gasteiger partial charge in [-0.1, -0.05) is 30.2 Å². The van der Waals surface area contributed by atoms with Gasteiger partial charge >= 0.3 is 0 Å². The van der Waals surface area contributed by atoms with E-state index in [1.165, 1.54) is 6.07 Å². The topological polar surface area (TPSA) is 87.3 Å². The lowest BCUT2D eigenvalue weighted by Crippen LogP contribution is -2.22. The number of hydrogen-bond donors (Lipinski definition) is 1. The largest absolute Gasteiger partial charge is 0.545 e. The molecule has 0 aliphatic rings. The Kier molecular flexibility index (Phi) is 4.90. The highest BCUT2D eigenvalue weighted by Crippen LogP contribution is 2.28. The van der Waals surface area contributed by atoms with E-state index in [1.807, 2.05) is 12.1 Å². The monoisotopic (exact) mass is 347 g/mol. The molecule has 1 N–H and O–H groups in total. The second-order valence-corrected chi connectivity index (χ2v) is 5.35. The van der Waals surface area contributed by atoms with Crippen molar-refractivity contribution in [2.45, 2.75) is 0 Å². The van der Waals surface area contributed by atoms with Gasteiger partial charge in [0.05, 0.1) is 24.1 Å². The predicted octanol–water partition coefficient (Wildman–Crippen LogP) is 2.12. The molecule has 2 aromatic carbocycles. The minimum atomic E-state index is -1.26. The number of aromatic carboxylic acids is 1. The van der Waals surface area contributed by atoms with Crippen molar-refractivity contribution in [3.05, 3.63) is 53.3 Å². The minimum Gasteiger partial charge on any atom is -0.545 e. The molecule has 0 aliphatic carbocycles. The minimum absolute atomic E-state index is 0.0510. The molecule has 0 radical (unpaired) electrons. The highest BCUT2D eigenvalue weighted by molar-refractivity contribution is 6.00. The highest BCUT2D eigenvalue weighted by Gasteiger charge is 2.07. The van der Waals surface area contributed by atoms with E-state index in [1.54, 1.807) is 37.5 Å². The Hall–Kier alpha value is -3.72. The third kappa shape index (κ3) is 3.52. The van der Waals surface area contributed by atoms with Crippen molar-refractivity contribution in [3.63, 3.8) is 0 Å². The number of fused-ring (bicyclic) bond motifs is 1. The number of terminal acetylenes is 1. The Morgan fingerprint density at radius 1 is 1.31 bits per heavy atom. The molecule has 6 nitrogen and oxygen atoms in total. The fourth-order valence-electron chi connectivity index (χ4n) is 2.50. The molecular weight excluding hydrogens is 332 g/mol. The van der Waals surface area contributed by atoms with Gasteiger partial charge in [0.2, 0.25) is 0 Å². The average molecular weight is 347 g/mol. The third-order valence-corrected chi connectivity index (χ3v) is 3.68. The zero-order chi connectivity index (χ0) is 18.5. The number of benzene rings is 2. The van der Waals surface area contributed by atoms with E-state index in [2.05, 4.69) is 15.9 Å². The summed E-state index contributed by atoms with van der Waals surface area (Å²) < 4.78 is 10.7. The Morgan fingerprint density at radius 3 is 2.88 bits per heavy atom. The molecule has 6 heteroatoms. The van der Waals surface area contributed by atoms with Crippen LogP contribution in [-0.4, -0.2) is 29.7 Å². The molecule has 0 aliphatic heterocycles. The van der Waals surface area contributed by atoms with Crippen LogP contribution >= 0.6 is 0 Å². The van der Waals surface area contributed by atoms with Crippen molar-refractivity contribution in [3.8, 4) is 23.8 Å². The lowest BCUT2D eigenvalue weighted by molar-refractivity contribution is -0.254. The summed E-state index contributed by atoms with van der Waals surface area (Å²) in [6.07, 6.45) is 8.76. The van der Waals surface area contributed by atoms with Gasteiger partial charge in [0.25, 0.3) is 0 Å². The van der Waals surface area contributed by atoms with Crippen LogP contribution in [0.1, 0.15) is 21.7 Å². The van der Waals surface area contributed by atoms with Gasteiger partial charge in [-0.05, 0) is 29.8 Å². The van der Waals surface area contributed by atoms with Gasteiger partial charge in [-0.3, -0.25) is 0 Å². The number of H-pyrrole nitrogens is 1. The maximum Gasteiger partial charge on any atom is 0.162 e. The maximum atomic E-state index is 11.2. The molecular formula is C20H15N2O4-. The van der Waals surface area contributed by atoms with Crippen LogP contribution in [0.3, 0.4) is 0 Å². The van der Waals surface area contributed by atoms with E-state index < -0.39 is 5.97 Å². The fraction of sp³-hybridized carbons (Fsp3) is 0.100. The van der Waals surface area contributed by atoms with E-state index in [4.69, 9.17) is 15.9 Å². The average Bonchev–Trinajstić information content (AvgIpc) is 3.07. The SMILES string of the molecule is C#CCOc1ccc(/C=C/c2nc3c(C(=O)[O-])cccc3[nH]2)cc1OC. The molecule has 0 atom stereocenters. The number of nitrogens with one attached hydrogen (secondary N) is 1. The summed E-state index contributed by atoms with van der Waals surface area (Å²) in [6, 6.07) is 10.3. The number of aromatic amines is 1. The van der Waals surface area contributed by atoms with Crippen LogP contribution in [0, 0.1) is 12.3 Å². The number of para-hydroxylation sites is 1. The number of hydrogen-bond acceptors (Lipinski definition) is 5. The maximum absolute atomic E-state index is 11.2. The van der Waals surface area contributed by atoms with E-state index in [9.17, 15) is 9.90 Å². The van der Waals surface area contributed by atoms with E-state index in [-0.39, 0.29) is 12.2 Å². The normalized spacial score (nSPS) is 10.8. The van der Waals surface area contributed by atoms with Gasteiger partial charge in [-0.15, -0.1) is 6.42 Å². The number of carbonyl (C=O) groups is 1. The van der Waals surface area contributed by atoms with Crippen LogP contribution in [0.2, 0.25) is 0 Å². The number of ether oxygens (including phenoxy) is 2. The van der Waals surface area contributed by atoms with Crippen LogP contribution in [0.4, 0.5) is 0 Å². The fourth-order valence-corrected chi connectivity index (χ4v) is 2.50. The summed E-state index contributed by atoms with van der Waals surface area (Å²) >= 11 is 0. The first-order valence-electron chi connectivity index (χ1n) is 7.75. The van der Waals surface area contributed by atoms with Crippen LogP contribution in [-0.2, 0) is 0 Å². The molecule has 0 fully saturated rings. The molecule has 0 unspecified atom stereocenters. The van der Waals surface area contributed by atoms with Crippen LogP contribution in [0.15, 0.2) is 36.4 Å². The smallest absolute Gasteiger partial charge is 0.162 e. The van der Waals surface area contributed by atoms with Crippen LogP contribution in [0.5, 0.6) is 11.5 Å². The quantitative estimate of drug-likeness (QED) is 0.690. The van der Waals surface area contributed by atoms with Crippen molar-refractivity contribution >= 4 is 29.2 Å². The summed E-state index contributed by atoms with van der Waals surface area (Å²) in [4.78, 5) is 18.5. The molecule has 0 spiro atoms. The molecule has 0 saturated carbocycles. The number of imidazole rings is 1. The summed E-state index contributed by atoms with van der Waals surface area (Å²) in [5, 5.41) is 11.2. The Bertz CT molecular complexity index is 1030. The standard InChI is InChI=1S/C20H16N2O4/c1-3-11-26-16-9-7-13(12-17(16)25-2)8-10-18-21-15-6-4-5-14(20(23)24)19(15)22-18/h1,4-10,12H,11H2,2H3,(H,21,22)(H,23,24)/p-1/b10-8+. The molecule has 1 aromatic heterocycles. The van der Waals surface area contributed by atoms with Crippen molar-refractivity contribution in [1.82, 2.24) is 9.97 Å². The summed E-state index contributed by atoms with van der Waals surface area (Å²) in [7, 11) is 1.55. The number of aromatic nitrogens is 2. The van der Waals surface area contributed by atoms with E-state index in [0.29, 0.717) is 28.4 Å². The first-order valence-corrected chi connectivity index (χ1v) is 7.75. The zero-order valence-electron chi connectivity index (χ0n) is 14.0. The molecule has 26 heavy (non-hydrogen) atoms. The third-order valence-electron chi connectivity index (χ3n) is 3.68. The molecule has 130 valence electrons. The van der Waals surface area contributed by atoms with E-state index in [0.717, 1.165) is 5.56 Å². The van der Waals surface area contributed by atoms with Gasteiger partial charge in [0.15, 0.2) is 11.5 Å². The highest BCUT2D eigenvalue weighted by atomic mass is 16.5. The first kappa shape index (κ1) is 17.1. The van der Waals surface area contributed by atoms with Crippen molar-refractivity contribution in [2.75, 3.05) is 13.7 Å². The molecule has 3 aromatic rings. The summed E-state index contributed by atoms with van der Waals surface area (Å²) in [5.74, 6) is 2.79. The van der Waals surface area contributed by atoms with Crippen molar-refractivity contribution in [2.24, 2.45) is 0 Å². The van der Waals surface area contributed by atoms with Gasteiger partial charge in [-0.2, -0.15) is 0 Å². The molecule has 0 amide bonds.